The van der Waals surface area contributed by atoms with Crippen LogP contribution in [0.5, 0.6) is 0 Å². The van der Waals surface area contributed by atoms with E-state index in [2.05, 4.69) is 6.58 Å². The third kappa shape index (κ3) is 3.56. The van der Waals surface area contributed by atoms with E-state index in [0.29, 0.717) is 5.56 Å². The van der Waals surface area contributed by atoms with E-state index < -0.39 is 35.7 Å². The van der Waals surface area contributed by atoms with Gasteiger partial charge >= 0.3 is 5.97 Å². The number of hydrogen-bond donors (Lipinski definition) is 2. The van der Waals surface area contributed by atoms with Gasteiger partial charge in [0.15, 0.2) is 11.6 Å². The molecule has 6 heteroatoms. The monoisotopic (exact) mass is 318 g/mol. The normalized spacial score (nSPS) is 25.6. The minimum atomic E-state index is -2.43. The van der Waals surface area contributed by atoms with Gasteiger partial charge in [0.05, 0.1) is 12.3 Å². The summed E-state index contributed by atoms with van der Waals surface area (Å²) in [7, 11) is 1.26. The van der Waals surface area contributed by atoms with Crippen molar-refractivity contribution in [3.63, 3.8) is 0 Å². The number of aliphatic hydroxyl groups is 2. The molecule has 23 heavy (non-hydrogen) atoms. The quantitative estimate of drug-likeness (QED) is 0.279. The van der Waals surface area contributed by atoms with Crippen molar-refractivity contribution in [1.82, 2.24) is 0 Å². The van der Waals surface area contributed by atoms with Crippen molar-refractivity contribution in [1.29, 1.82) is 0 Å². The molecule has 0 radical (unpaired) electrons. The van der Waals surface area contributed by atoms with E-state index >= 15 is 0 Å². The summed E-state index contributed by atoms with van der Waals surface area (Å²) in [6.07, 6.45) is 3.05. The SMILES string of the molecule is C=CC(=O)OC1(OC)C=CC(C(=O)c2ccccc2)C(O)(O)C1. The molecule has 0 amide bonds. The molecule has 0 saturated carbocycles. The third-order valence-electron chi connectivity index (χ3n) is 3.67. The molecule has 1 aromatic rings. The van der Waals surface area contributed by atoms with Crippen LogP contribution in [0.1, 0.15) is 16.8 Å². The number of benzene rings is 1. The lowest BCUT2D eigenvalue weighted by Gasteiger charge is -2.40. The van der Waals surface area contributed by atoms with Gasteiger partial charge in [-0.3, -0.25) is 4.79 Å². The number of carbonyl (C=O) groups is 2. The van der Waals surface area contributed by atoms with Crippen LogP contribution in [0.4, 0.5) is 0 Å². The van der Waals surface area contributed by atoms with Crippen molar-refractivity contribution in [2.75, 3.05) is 7.11 Å². The van der Waals surface area contributed by atoms with Gasteiger partial charge < -0.3 is 19.7 Å². The Balaban J connectivity index is 2.31. The fourth-order valence-corrected chi connectivity index (χ4v) is 2.47. The molecule has 2 unspecified atom stereocenters. The summed E-state index contributed by atoms with van der Waals surface area (Å²) in [4.78, 5) is 23.9. The van der Waals surface area contributed by atoms with Gasteiger partial charge in [0.25, 0.3) is 0 Å². The van der Waals surface area contributed by atoms with Gasteiger partial charge in [-0.1, -0.05) is 43.0 Å². The summed E-state index contributed by atoms with van der Waals surface area (Å²) in [6.45, 7) is 3.28. The predicted octanol–water partition coefficient (Wildman–Crippen LogP) is 1.20. The Morgan fingerprint density at radius 3 is 2.48 bits per heavy atom. The van der Waals surface area contributed by atoms with Crippen LogP contribution in [0.2, 0.25) is 0 Å². The summed E-state index contributed by atoms with van der Waals surface area (Å²) in [6, 6.07) is 8.29. The van der Waals surface area contributed by atoms with Gasteiger partial charge in [-0.2, -0.15) is 0 Å². The molecular weight excluding hydrogens is 300 g/mol. The highest BCUT2D eigenvalue weighted by Gasteiger charge is 2.50. The largest absolute Gasteiger partial charge is 0.426 e. The second-order valence-electron chi connectivity index (χ2n) is 5.26. The number of ketones is 1. The number of esters is 1. The van der Waals surface area contributed by atoms with Crippen LogP contribution in [-0.4, -0.2) is 40.6 Å². The van der Waals surface area contributed by atoms with E-state index in [4.69, 9.17) is 9.47 Å². The second-order valence-corrected chi connectivity index (χ2v) is 5.26. The Morgan fingerprint density at radius 2 is 1.96 bits per heavy atom. The standard InChI is InChI=1S/C17H18O6/c1-3-14(18)23-16(22-2)10-9-13(17(20,21)11-16)15(19)12-7-5-4-6-8-12/h3-10,13,20-21H,1,11H2,2H3. The molecule has 2 atom stereocenters. The minimum Gasteiger partial charge on any atom is -0.426 e. The van der Waals surface area contributed by atoms with Gasteiger partial charge in [-0.25, -0.2) is 4.79 Å². The molecule has 6 nitrogen and oxygen atoms in total. The van der Waals surface area contributed by atoms with E-state index in [9.17, 15) is 19.8 Å². The molecule has 0 aromatic heterocycles. The Kier molecular flexibility index (Phi) is 4.79. The summed E-state index contributed by atoms with van der Waals surface area (Å²) in [5, 5.41) is 20.6. The predicted molar refractivity (Wildman–Crippen MR) is 81.2 cm³/mol. The molecule has 0 heterocycles. The van der Waals surface area contributed by atoms with Gasteiger partial charge in [0.2, 0.25) is 5.79 Å². The van der Waals surface area contributed by atoms with E-state index in [0.717, 1.165) is 6.08 Å². The lowest BCUT2D eigenvalue weighted by atomic mass is 9.81. The maximum atomic E-state index is 12.5. The lowest BCUT2D eigenvalue weighted by Crippen LogP contribution is -2.53. The molecule has 0 spiro atoms. The smallest absolute Gasteiger partial charge is 0.332 e. The average Bonchev–Trinajstić information content (AvgIpc) is 2.54. The van der Waals surface area contributed by atoms with E-state index in [1.807, 2.05) is 0 Å². The summed E-state index contributed by atoms with van der Waals surface area (Å²) in [5.41, 5.74) is 0.350. The van der Waals surface area contributed by atoms with Crippen molar-refractivity contribution in [3.8, 4) is 0 Å². The fourth-order valence-electron chi connectivity index (χ4n) is 2.47. The van der Waals surface area contributed by atoms with E-state index in [1.54, 1.807) is 30.3 Å². The second kappa shape index (κ2) is 6.45. The van der Waals surface area contributed by atoms with Crippen LogP contribution in [0.25, 0.3) is 0 Å². The maximum Gasteiger partial charge on any atom is 0.332 e. The summed E-state index contributed by atoms with van der Waals surface area (Å²) >= 11 is 0. The van der Waals surface area contributed by atoms with Gasteiger partial charge in [0.1, 0.15) is 0 Å². The zero-order valence-electron chi connectivity index (χ0n) is 12.6. The average molecular weight is 318 g/mol. The lowest BCUT2D eigenvalue weighted by molar-refractivity contribution is -0.267. The first-order valence-electron chi connectivity index (χ1n) is 6.97. The van der Waals surface area contributed by atoms with Gasteiger partial charge in [0, 0.05) is 18.7 Å². The number of methoxy groups -OCH3 is 1. The van der Waals surface area contributed by atoms with Gasteiger partial charge in [-0.05, 0) is 6.08 Å². The number of Topliss-reactive ketones (excluding diaryl/α,β-unsaturated/α-hetero) is 1. The summed E-state index contributed by atoms with van der Waals surface area (Å²) < 4.78 is 10.2. The number of carbonyl (C=O) groups excluding carboxylic acids is 2. The van der Waals surface area contributed by atoms with Crippen molar-refractivity contribution in [2.24, 2.45) is 5.92 Å². The zero-order chi connectivity index (χ0) is 17.1. The number of rotatable bonds is 5. The highest BCUT2D eigenvalue weighted by molar-refractivity contribution is 5.99. The Hall–Kier alpha value is -2.28. The van der Waals surface area contributed by atoms with Crippen molar-refractivity contribution < 1.29 is 29.3 Å². The molecule has 0 aliphatic heterocycles. The van der Waals surface area contributed by atoms with Crippen molar-refractivity contribution in [2.45, 2.75) is 18.0 Å². The van der Waals surface area contributed by atoms with Crippen LogP contribution >= 0.6 is 0 Å². The first-order valence-corrected chi connectivity index (χ1v) is 6.97. The van der Waals surface area contributed by atoms with Crippen LogP contribution in [-0.2, 0) is 14.3 Å². The number of hydrogen-bond acceptors (Lipinski definition) is 6. The first kappa shape index (κ1) is 17.1. The van der Waals surface area contributed by atoms with Crippen LogP contribution < -0.4 is 0 Å². The summed E-state index contributed by atoms with van der Waals surface area (Å²) in [5.74, 6) is -6.52. The Bertz CT molecular complexity index is 634. The van der Waals surface area contributed by atoms with E-state index in [1.165, 1.54) is 19.3 Å². The van der Waals surface area contributed by atoms with Crippen LogP contribution in [0.15, 0.2) is 55.1 Å². The Morgan fingerprint density at radius 1 is 1.30 bits per heavy atom. The topological polar surface area (TPSA) is 93.1 Å². The van der Waals surface area contributed by atoms with Gasteiger partial charge in [-0.15, -0.1) is 0 Å². The van der Waals surface area contributed by atoms with E-state index in [-0.39, 0.29) is 0 Å². The highest BCUT2D eigenvalue weighted by atomic mass is 16.7. The first-order chi connectivity index (χ1) is 10.8. The molecule has 1 aromatic carbocycles. The third-order valence-corrected chi connectivity index (χ3v) is 3.67. The molecule has 0 saturated heterocycles. The molecule has 0 bridgehead atoms. The van der Waals surface area contributed by atoms with Crippen LogP contribution in [0.3, 0.4) is 0 Å². The minimum absolute atomic E-state index is 0.350. The van der Waals surface area contributed by atoms with Crippen molar-refractivity contribution in [3.05, 3.63) is 60.7 Å². The highest BCUT2D eigenvalue weighted by Crippen LogP contribution is 2.37. The van der Waals surface area contributed by atoms with Crippen molar-refractivity contribution >= 4 is 11.8 Å². The maximum absolute atomic E-state index is 12.5. The molecular formula is C17H18O6. The molecule has 0 fully saturated rings. The molecule has 1 aliphatic rings. The molecule has 2 N–H and O–H groups in total. The zero-order valence-corrected chi connectivity index (χ0v) is 12.6. The molecule has 1 aliphatic carbocycles. The van der Waals surface area contributed by atoms with Crippen LogP contribution in [0, 0.1) is 5.92 Å². The molecule has 2 rings (SSSR count). The molecule has 122 valence electrons. The number of ether oxygens (including phenoxy) is 2. The fraction of sp³-hybridized carbons (Fsp3) is 0.294. The Labute approximate surface area is 133 Å².